The van der Waals surface area contributed by atoms with Crippen molar-refractivity contribution in [2.75, 3.05) is 0 Å². The number of hydrogen-bond donors (Lipinski definition) is 2. The number of rotatable bonds is 7. The minimum Gasteiger partial charge on any atom is -0.507 e. The number of ether oxygens (including phenoxy) is 1. The number of sulfonamides is 1. The van der Waals surface area contributed by atoms with Gasteiger partial charge in [0, 0.05) is 11.0 Å². The van der Waals surface area contributed by atoms with Crippen LogP contribution < -0.4 is 4.72 Å². The molecule has 0 aliphatic rings. The van der Waals surface area contributed by atoms with Crippen molar-refractivity contribution in [1.82, 2.24) is 4.72 Å². The monoisotopic (exact) mass is 475 g/mol. The average Bonchev–Trinajstić information content (AvgIpc) is 2.72. The predicted octanol–water partition coefficient (Wildman–Crippen LogP) is 3.99. The molecule has 0 unspecified atom stereocenters. The van der Waals surface area contributed by atoms with Gasteiger partial charge in [0.1, 0.15) is 17.9 Å². The van der Waals surface area contributed by atoms with Crippen LogP contribution in [0.5, 0.6) is 5.75 Å². The topological polar surface area (TPSA) is 92.7 Å². The van der Waals surface area contributed by atoms with Gasteiger partial charge in [-0.2, -0.15) is 0 Å². The van der Waals surface area contributed by atoms with Crippen molar-refractivity contribution in [1.29, 1.82) is 0 Å². The maximum absolute atomic E-state index is 12.6. The molecule has 150 valence electrons. The predicted molar refractivity (Wildman–Crippen MR) is 112 cm³/mol. The molecule has 0 amide bonds. The van der Waals surface area contributed by atoms with Gasteiger partial charge in [-0.3, -0.25) is 0 Å². The maximum Gasteiger partial charge on any atom is 0.342 e. The van der Waals surface area contributed by atoms with E-state index in [0.717, 1.165) is 27.7 Å². The Morgan fingerprint density at radius 3 is 2.34 bits per heavy atom. The quantitative estimate of drug-likeness (QED) is 0.504. The molecule has 3 aromatic rings. The number of nitrogens with one attached hydrogen (secondary N) is 1. The highest BCUT2D eigenvalue weighted by molar-refractivity contribution is 9.10. The maximum atomic E-state index is 12.6. The third-order valence-electron chi connectivity index (χ3n) is 4.09. The third-order valence-corrected chi connectivity index (χ3v) is 6.02. The molecule has 0 saturated carbocycles. The fourth-order valence-electron chi connectivity index (χ4n) is 2.51. The van der Waals surface area contributed by atoms with Crippen molar-refractivity contribution in [3.05, 3.63) is 94.0 Å². The number of phenolic OH excluding ortho intramolecular Hbond substituents is 1. The number of aromatic hydroxyl groups is 1. The first-order valence-electron chi connectivity index (χ1n) is 8.63. The summed E-state index contributed by atoms with van der Waals surface area (Å²) in [6.07, 6.45) is 0. The minimum atomic E-state index is -3.88. The first-order chi connectivity index (χ1) is 13.8. The second-order valence-electron chi connectivity index (χ2n) is 6.19. The van der Waals surface area contributed by atoms with Gasteiger partial charge in [-0.1, -0.05) is 58.4 Å². The van der Waals surface area contributed by atoms with Crippen molar-refractivity contribution in [3.8, 4) is 5.75 Å². The summed E-state index contributed by atoms with van der Waals surface area (Å²) >= 11 is 3.32. The van der Waals surface area contributed by atoms with Crippen LogP contribution in [0.4, 0.5) is 0 Å². The van der Waals surface area contributed by atoms with E-state index in [1.165, 1.54) is 6.07 Å². The molecule has 6 nitrogen and oxygen atoms in total. The number of halogens is 1. The molecule has 0 bridgehead atoms. The fraction of sp³-hybridized carbons (Fsp3) is 0.0952. The standard InChI is InChI=1S/C21H18BrNO5S/c22-17-8-6-16(7-9-17)14-28-21(25)19-12-18(10-11-20(19)24)29(26,27)23-13-15-4-2-1-3-5-15/h1-12,23-24H,13-14H2. The molecule has 0 aliphatic heterocycles. The molecular weight excluding hydrogens is 458 g/mol. The Labute approximate surface area is 177 Å². The number of benzene rings is 3. The molecule has 0 aromatic heterocycles. The van der Waals surface area contributed by atoms with Gasteiger partial charge in [-0.25, -0.2) is 17.9 Å². The van der Waals surface area contributed by atoms with Crippen LogP contribution in [0.3, 0.4) is 0 Å². The Morgan fingerprint density at radius 2 is 1.66 bits per heavy atom. The SMILES string of the molecule is O=C(OCc1ccc(Br)cc1)c1cc(S(=O)(=O)NCc2ccccc2)ccc1O. The molecule has 3 aromatic carbocycles. The van der Waals surface area contributed by atoms with Crippen LogP contribution in [-0.4, -0.2) is 19.5 Å². The van der Waals surface area contributed by atoms with Crippen LogP contribution in [0, 0.1) is 0 Å². The number of carbonyl (C=O) groups excluding carboxylic acids is 1. The highest BCUT2D eigenvalue weighted by Crippen LogP contribution is 2.23. The van der Waals surface area contributed by atoms with Crippen molar-refractivity contribution in [2.45, 2.75) is 18.0 Å². The highest BCUT2D eigenvalue weighted by atomic mass is 79.9. The number of hydrogen-bond acceptors (Lipinski definition) is 5. The fourth-order valence-corrected chi connectivity index (χ4v) is 3.82. The van der Waals surface area contributed by atoms with E-state index in [4.69, 9.17) is 4.74 Å². The highest BCUT2D eigenvalue weighted by Gasteiger charge is 2.20. The van der Waals surface area contributed by atoms with Crippen molar-refractivity contribution in [3.63, 3.8) is 0 Å². The van der Waals surface area contributed by atoms with Gasteiger partial charge < -0.3 is 9.84 Å². The lowest BCUT2D eigenvalue weighted by atomic mass is 10.2. The zero-order chi connectivity index (χ0) is 20.9. The number of esters is 1. The van der Waals surface area contributed by atoms with Crippen molar-refractivity contribution < 1.29 is 23.1 Å². The Bertz CT molecular complexity index is 1100. The molecule has 0 radical (unpaired) electrons. The molecule has 0 aliphatic carbocycles. The molecule has 3 rings (SSSR count). The summed E-state index contributed by atoms with van der Waals surface area (Å²) in [7, 11) is -3.88. The van der Waals surface area contributed by atoms with Crippen LogP contribution >= 0.6 is 15.9 Å². The minimum absolute atomic E-state index is 0.00517. The first-order valence-corrected chi connectivity index (χ1v) is 10.9. The summed E-state index contributed by atoms with van der Waals surface area (Å²) in [5, 5.41) is 9.99. The van der Waals surface area contributed by atoms with Gasteiger partial charge in [-0.15, -0.1) is 0 Å². The molecule has 2 N–H and O–H groups in total. The average molecular weight is 476 g/mol. The van der Waals surface area contributed by atoms with E-state index in [9.17, 15) is 18.3 Å². The summed E-state index contributed by atoms with van der Waals surface area (Å²) in [4.78, 5) is 12.2. The lowest BCUT2D eigenvalue weighted by Crippen LogP contribution is -2.23. The summed E-state index contributed by atoms with van der Waals surface area (Å²) < 4.78 is 33.7. The molecule has 0 heterocycles. The molecule has 0 fully saturated rings. The Morgan fingerprint density at radius 1 is 0.966 bits per heavy atom. The van der Waals surface area contributed by atoms with E-state index in [1.54, 1.807) is 24.3 Å². The summed E-state index contributed by atoms with van der Waals surface area (Å²) in [6, 6.07) is 19.7. The lowest BCUT2D eigenvalue weighted by molar-refractivity contribution is 0.0469. The van der Waals surface area contributed by atoms with Gasteiger partial charge in [0.15, 0.2) is 0 Å². The van der Waals surface area contributed by atoms with Gasteiger partial charge in [0.2, 0.25) is 10.0 Å². The molecule has 8 heteroatoms. The van der Waals surface area contributed by atoms with E-state index in [1.807, 2.05) is 30.3 Å². The normalized spacial score (nSPS) is 11.2. The lowest BCUT2D eigenvalue weighted by Gasteiger charge is -2.10. The van der Waals surface area contributed by atoms with E-state index < -0.39 is 16.0 Å². The van der Waals surface area contributed by atoms with Gasteiger partial charge in [0.05, 0.1) is 4.90 Å². The zero-order valence-electron chi connectivity index (χ0n) is 15.2. The van der Waals surface area contributed by atoms with E-state index in [-0.39, 0.29) is 29.4 Å². The van der Waals surface area contributed by atoms with Gasteiger partial charge in [0.25, 0.3) is 0 Å². The molecular formula is C21H18BrNO5S. The van der Waals surface area contributed by atoms with Crippen molar-refractivity contribution >= 4 is 31.9 Å². The second-order valence-corrected chi connectivity index (χ2v) is 8.87. The van der Waals surface area contributed by atoms with Gasteiger partial charge in [-0.05, 0) is 41.5 Å². The Balaban J connectivity index is 1.72. The third kappa shape index (κ3) is 5.66. The smallest absolute Gasteiger partial charge is 0.342 e. The molecule has 0 spiro atoms. The molecule has 0 atom stereocenters. The number of carbonyl (C=O) groups is 1. The van der Waals surface area contributed by atoms with Crippen LogP contribution in [0.15, 0.2) is 82.2 Å². The Hall–Kier alpha value is -2.68. The zero-order valence-corrected chi connectivity index (χ0v) is 17.6. The first kappa shape index (κ1) is 21.0. The summed E-state index contributed by atoms with van der Waals surface area (Å²) in [6.45, 7) is 0.0994. The van der Waals surface area contributed by atoms with Crippen molar-refractivity contribution in [2.24, 2.45) is 0 Å². The van der Waals surface area contributed by atoms with E-state index in [0.29, 0.717) is 0 Å². The molecule has 29 heavy (non-hydrogen) atoms. The van der Waals surface area contributed by atoms with Crippen LogP contribution in [0.2, 0.25) is 0 Å². The van der Waals surface area contributed by atoms with E-state index in [2.05, 4.69) is 20.7 Å². The van der Waals surface area contributed by atoms with Gasteiger partial charge >= 0.3 is 5.97 Å². The molecule has 0 saturated heterocycles. The second kappa shape index (κ2) is 9.21. The van der Waals surface area contributed by atoms with Crippen LogP contribution in [0.25, 0.3) is 0 Å². The largest absolute Gasteiger partial charge is 0.507 e. The Kier molecular flexibility index (Phi) is 6.68. The van der Waals surface area contributed by atoms with Crippen LogP contribution in [-0.2, 0) is 27.9 Å². The summed E-state index contributed by atoms with van der Waals surface area (Å²) in [5.74, 6) is -1.17. The van der Waals surface area contributed by atoms with Crippen LogP contribution in [0.1, 0.15) is 21.5 Å². The number of phenols is 1. The summed E-state index contributed by atoms with van der Waals surface area (Å²) in [5.41, 5.74) is 1.34. The van der Waals surface area contributed by atoms with E-state index >= 15 is 0 Å².